The highest BCUT2D eigenvalue weighted by molar-refractivity contribution is 5.43. The van der Waals surface area contributed by atoms with Crippen LogP contribution in [0.3, 0.4) is 0 Å². The van der Waals surface area contributed by atoms with Crippen molar-refractivity contribution in [1.29, 1.82) is 0 Å². The Labute approximate surface area is 161 Å². The Bertz CT molecular complexity index is 665. The molecule has 0 saturated carbocycles. The van der Waals surface area contributed by atoms with Gasteiger partial charge < -0.3 is 24.1 Å². The molecule has 2 aromatic rings. The third-order valence-electron chi connectivity index (χ3n) is 3.93. The van der Waals surface area contributed by atoms with E-state index in [0.717, 1.165) is 11.3 Å². The molecule has 2 aromatic carbocycles. The molecule has 0 aromatic heterocycles. The summed E-state index contributed by atoms with van der Waals surface area (Å²) in [4.78, 5) is 2.04. The van der Waals surface area contributed by atoms with Crippen molar-refractivity contribution in [2.75, 3.05) is 47.6 Å². The predicted octanol–water partition coefficient (Wildman–Crippen LogP) is 2.59. The molecule has 0 amide bonds. The van der Waals surface area contributed by atoms with Gasteiger partial charge in [-0.2, -0.15) is 0 Å². The molecule has 1 atom stereocenters. The Hall–Kier alpha value is -2.28. The number of nitrogens with zero attached hydrogens (tertiary/aromatic N) is 1. The molecule has 2 rings (SSSR count). The van der Waals surface area contributed by atoms with Crippen LogP contribution in [0.2, 0.25) is 0 Å². The fourth-order valence-corrected chi connectivity index (χ4v) is 2.67. The molecule has 0 radical (unpaired) electrons. The molecule has 6 nitrogen and oxygen atoms in total. The number of hydrogen-bond acceptors (Lipinski definition) is 6. The minimum absolute atomic E-state index is 0.252. The highest BCUT2D eigenvalue weighted by Crippen LogP contribution is 2.28. The van der Waals surface area contributed by atoms with E-state index in [-0.39, 0.29) is 6.61 Å². The zero-order valence-corrected chi connectivity index (χ0v) is 16.3. The summed E-state index contributed by atoms with van der Waals surface area (Å²) in [7, 11) is 5.22. The van der Waals surface area contributed by atoms with E-state index in [0.29, 0.717) is 37.8 Å². The number of methoxy groups -OCH3 is 2. The average Bonchev–Trinajstić information content (AvgIpc) is 2.67. The van der Waals surface area contributed by atoms with Gasteiger partial charge in [-0.05, 0) is 36.9 Å². The summed E-state index contributed by atoms with van der Waals surface area (Å²) in [5, 5.41) is 10.2. The molecule has 0 heterocycles. The van der Waals surface area contributed by atoms with Crippen LogP contribution in [0, 0.1) is 0 Å². The molecule has 0 spiro atoms. The number of benzene rings is 2. The van der Waals surface area contributed by atoms with Crippen LogP contribution in [0.1, 0.15) is 5.56 Å². The molecule has 0 saturated heterocycles. The van der Waals surface area contributed by atoms with Crippen LogP contribution < -0.4 is 14.2 Å². The molecule has 0 aliphatic carbocycles. The molecule has 1 N–H and O–H groups in total. The lowest BCUT2D eigenvalue weighted by Gasteiger charge is -2.21. The van der Waals surface area contributed by atoms with E-state index in [1.807, 2.05) is 60.5 Å². The van der Waals surface area contributed by atoms with Crippen molar-refractivity contribution in [3.63, 3.8) is 0 Å². The van der Waals surface area contributed by atoms with Crippen LogP contribution in [-0.4, -0.2) is 63.7 Å². The third kappa shape index (κ3) is 7.46. The first kappa shape index (κ1) is 21.0. The molecule has 0 aliphatic rings. The minimum atomic E-state index is -0.578. The standard InChI is InChI=1S/C21H29NO5/c1-22(15-18(23)16-27-19-7-5-4-6-8-19)14-17-9-10-20(25-3)21(13-17)26-12-11-24-2/h4-10,13,18,23H,11-12,14-16H2,1-3H3/t18-/m0/s1. The van der Waals surface area contributed by atoms with Crippen LogP contribution in [0.5, 0.6) is 17.2 Å². The average molecular weight is 375 g/mol. The number of rotatable bonds is 12. The lowest BCUT2D eigenvalue weighted by molar-refractivity contribution is 0.0743. The summed E-state index contributed by atoms with van der Waals surface area (Å²) in [6.45, 7) is 2.40. The molecular formula is C21H29NO5. The predicted molar refractivity (Wildman–Crippen MR) is 105 cm³/mol. The van der Waals surface area contributed by atoms with Crippen LogP contribution in [-0.2, 0) is 11.3 Å². The van der Waals surface area contributed by atoms with Crippen LogP contribution in [0.4, 0.5) is 0 Å². The molecular weight excluding hydrogens is 346 g/mol. The van der Waals surface area contributed by atoms with Gasteiger partial charge >= 0.3 is 0 Å². The molecule has 0 unspecified atom stereocenters. The summed E-state index contributed by atoms with van der Waals surface area (Å²) in [6.07, 6.45) is -0.578. The van der Waals surface area contributed by atoms with Crippen molar-refractivity contribution in [2.24, 2.45) is 0 Å². The lowest BCUT2D eigenvalue weighted by atomic mass is 10.2. The van der Waals surface area contributed by atoms with Crippen molar-refractivity contribution in [3.8, 4) is 17.2 Å². The zero-order chi connectivity index (χ0) is 19.5. The van der Waals surface area contributed by atoms with E-state index >= 15 is 0 Å². The highest BCUT2D eigenvalue weighted by Gasteiger charge is 2.12. The maximum atomic E-state index is 10.2. The Balaban J connectivity index is 1.84. The van der Waals surface area contributed by atoms with Gasteiger partial charge in [0.2, 0.25) is 0 Å². The van der Waals surface area contributed by atoms with Gasteiger partial charge in [0.05, 0.1) is 13.7 Å². The Morgan fingerprint density at radius 1 is 0.963 bits per heavy atom. The third-order valence-corrected chi connectivity index (χ3v) is 3.93. The monoisotopic (exact) mass is 375 g/mol. The van der Waals surface area contributed by atoms with Gasteiger partial charge in [0.15, 0.2) is 11.5 Å². The van der Waals surface area contributed by atoms with Crippen molar-refractivity contribution in [2.45, 2.75) is 12.6 Å². The van der Waals surface area contributed by atoms with Gasteiger partial charge in [-0.1, -0.05) is 24.3 Å². The number of likely N-dealkylation sites (N-methyl/N-ethyl adjacent to an activating group) is 1. The van der Waals surface area contributed by atoms with E-state index in [9.17, 15) is 5.11 Å². The summed E-state index contributed by atoms with van der Waals surface area (Å²) in [5.74, 6) is 2.13. The fraction of sp³-hybridized carbons (Fsp3) is 0.429. The largest absolute Gasteiger partial charge is 0.493 e. The SMILES string of the molecule is COCCOc1cc(CN(C)C[C@H](O)COc2ccccc2)ccc1OC. The highest BCUT2D eigenvalue weighted by atomic mass is 16.5. The first-order valence-electron chi connectivity index (χ1n) is 8.95. The van der Waals surface area contributed by atoms with Gasteiger partial charge in [-0.15, -0.1) is 0 Å². The number of ether oxygens (including phenoxy) is 4. The van der Waals surface area contributed by atoms with Gasteiger partial charge in [-0.25, -0.2) is 0 Å². The Kier molecular flexibility index (Phi) is 8.91. The maximum Gasteiger partial charge on any atom is 0.161 e. The Morgan fingerprint density at radius 2 is 1.74 bits per heavy atom. The summed E-state index contributed by atoms with van der Waals surface area (Å²) in [5.41, 5.74) is 1.07. The normalized spacial score (nSPS) is 12.0. The number of aliphatic hydroxyl groups excluding tert-OH is 1. The van der Waals surface area contributed by atoms with Crippen LogP contribution in [0.25, 0.3) is 0 Å². The molecule has 6 heteroatoms. The number of hydrogen-bond donors (Lipinski definition) is 1. The molecule has 0 fully saturated rings. The first-order valence-corrected chi connectivity index (χ1v) is 8.95. The van der Waals surface area contributed by atoms with E-state index in [4.69, 9.17) is 18.9 Å². The second-order valence-electron chi connectivity index (χ2n) is 6.30. The molecule has 148 valence electrons. The molecule has 27 heavy (non-hydrogen) atoms. The van der Waals surface area contributed by atoms with E-state index in [2.05, 4.69) is 0 Å². The number of aliphatic hydroxyl groups is 1. The quantitative estimate of drug-likeness (QED) is 0.576. The summed E-state index contributed by atoms with van der Waals surface area (Å²) >= 11 is 0. The fourth-order valence-electron chi connectivity index (χ4n) is 2.67. The van der Waals surface area contributed by atoms with Crippen molar-refractivity contribution in [3.05, 3.63) is 54.1 Å². The van der Waals surface area contributed by atoms with Crippen molar-refractivity contribution >= 4 is 0 Å². The minimum Gasteiger partial charge on any atom is -0.493 e. The molecule has 0 aliphatic heterocycles. The van der Waals surface area contributed by atoms with E-state index in [1.54, 1.807) is 14.2 Å². The second kappa shape index (κ2) is 11.4. The van der Waals surface area contributed by atoms with Crippen LogP contribution in [0.15, 0.2) is 48.5 Å². The Morgan fingerprint density at radius 3 is 2.44 bits per heavy atom. The molecule has 0 bridgehead atoms. The lowest BCUT2D eigenvalue weighted by Crippen LogP contribution is -2.32. The first-order chi connectivity index (χ1) is 13.1. The van der Waals surface area contributed by atoms with E-state index < -0.39 is 6.10 Å². The van der Waals surface area contributed by atoms with E-state index in [1.165, 1.54) is 0 Å². The van der Waals surface area contributed by atoms with Gasteiger partial charge in [-0.3, -0.25) is 4.90 Å². The summed E-state index contributed by atoms with van der Waals surface area (Å²) < 4.78 is 21.7. The smallest absolute Gasteiger partial charge is 0.161 e. The zero-order valence-electron chi connectivity index (χ0n) is 16.3. The van der Waals surface area contributed by atoms with Crippen LogP contribution >= 0.6 is 0 Å². The number of para-hydroxylation sites is 1. The van der Waals surface area contributed by atoms with Gasteiger partial charge in [0, 0.05) is 20.2 Å². The van der Waals surface area contributed by atoms with Crippen molar-refractivity contribution < 1.29 is 24.1 Å². The second-order valence-corrected chi connectivity index (χ2v) is 6.30. The summed E-state index contributed by atoms with van der Waals surface area (Å²) in [6, 6.07) is 15.3. The van der Waals surface area contributed by atoms with Gasteiger partial charge in [0.25, 0.3) is 0 Å². The van der Waals surface area contributed by atoms with Gasteiger partial charge in [0.1, 0.15) is 25.1 Å². The maximum absolute atomic E-state index is 10.2. The topological polar surface area (TPSA) is 60.4 Å². The van der Waals surface area contributed by atoms with Crippen molar-refractivity contribution in [1.82, 2.24) is 4.90 Å².